The van der Waals surface area contributed by atoms with Crippen LogP contribution in [0.3, 0.4) is 0 Å². The lowest BCUT2D eigenvalue weighted by Gasteiger charge is -2.59. The van der Waals surface area contributed by atoms with E-state index in [-0.39, 0.29) is 28.7 Å². The van der Waals surface area contributed by atoms with E-state index in [0.717, 1.165) is 18.7 Å². The second-order valence-corrected chi connectivity index (χ2v) is 10.9. The Balaban J connectivity index is 1.23. The fourth-order valence-electron chi connectivity index (χ4n) is 7.83. The molecule has 31 heavy (non-hydrogen) atoms. The van der Waals surface area contributed by atoms with Gasteiger partial charge < -0.3 is 15.6 Å². The van der Waals surface area contributed by atoms with Gasteiger partial charge in [0.25, 0.3) is 0 Å². The monoisotopic (exact) mass is 424 g/mol. The minimum Gasteiger partial charge on any atom is -0.356 e. The Hall–Kier alpha value is -2.11. The second kappa shape index (κ2) is 7.79. The Kier molecular flexibility index (Phi) is 5.22. The number of carbonyl (C=O) groups is 2. The summed E-state index contributed by atoms with van der Waals surface area (Å²) in [6, 6.07) is 0.285. The van der Waals surface area contributed by atoms with Crippen LogP contribution in [0.1, 0.15) is 64.6 Å². The first-order valence-corrected chi connectivity index (χ1v) is 12.1. The van der Waals surface area contributed by atoms with E-state index in [1.807, 2.05) is 6.20 Å². The first-order valence-electron chi connectivity index (χ1n) is 12.1. The maximum Gasteiger partial charge on any atom is 0.243 e. The molecule has 0 spiro atoms. The van der Waals surface area contributed by atoms with E-state index < -0.39 is 0 Å². The zero-order chi connectivity index (χ0) is 21.6. The Morgan fingerprint density at radius 3 is 2.87 bits per heavy atom. The number of imidazole rings is 1. The molecule has 2 amide bonds. The number of rotatable bonds is 5. The Morgan fingerprint density at radius 2 is 2.06 bits per heavy atom. The lowest BCUT2D eigenvalue weighted by molar-refractivity contribution is -0.125. The number of fused-ring (bicyclic) bond motifs is 5. The van der Waals surface area contributed by atoms with Crippen LogP contribution in [0.4, 0.5) is 0 Å². The van der Waals surface area contributed by atoms with Crippen molar-refractivity contribution in [3.63, 3.8) is 0 Å². The lowest BCUT2D eigenvalue weighted by atomic mass is 9.48. The molecule has 2 heterocycles. The average molecular weight is 425 g/mol. The molecular weight excluding hydrogens is 388 g/mol. The van der Waals surface area contributed by atoms with Crippen molar-refractivity contribution < 1.29 is 9.59 Å². The number of nitrogens with zero attached hydrogens (tertiary/aromatic N) is 1. The molecule has 168 valence electrons. The maximum absolute atomic E-state index is 12.7. The van der Waals surface area contributed by atoms with Crippen molar-refractivity contribution in [2.45, 2.75) is 71.3 Å². The van der Waals surface area contributed by atoms with Gasteiger partial charge in [0.1, 0.15) is 5.82 Å². The quantitative estimate of drug-likeness (QED) is 0.677. The Labute approximate surface area is 185 Å². The molecule has 0 saturated heterocycles. The van der Waals surface area contributed by atoms with Crippen molar-refractivity contribution in [3.05, 3.63) is 30.4 Å². The fourth-order valence-corrected chi connectivity index (χ4v) is 7.83. The normalized spacial score (nSPS) is 41.1. The Morgan fingerprint density at radius 1 is 1.19 bits per heavy atom. The predicted octanol–water partition coefficient (Wildman–Crippen LogP) is 3.37. The van der Waals surface area contributed by atoms with Gasteiger partial charge in [0.15, 0.2) is 0 Å². The van der Waals surface area contributed by atoms with Crippen molar-refractivity contribution >= 4 is 11.8 Å². The summed E-state index contributed by atoms with van der Waals surface area (Å²) in [6.45, 7) is 5.47. The predicted molar refractivity (Wildman–Crippen MR) is 119 cm³/mol. The van der Waals surface area contributed by atoms with Crippen molar-refractivity contribution in [3.8, 4) is 0 Å². The van der Waals surface area contributed by atoms with Gasteiger partial charge in [0.2, 0.25) is 11.8 Å². The van der Waals surface area contributed by atoms with E-state index in [0.29, 0.717) is 36.6 Å². The fraction of sp³-hybridized carbons (Fsp3) is 0.720. The van der Waals surface area contributed by atoms with E-state index in [1.54, 1.807) is 12.3 Å². The molecule has 3 N–H and O–H groups in total. The molecular formula is C25H36N4O2. The molecule has 0 bridgehead atoms. The summed E-state index contributed by atoms with van der Waals surface area (Å²) in [5.74, 6) is 3.72. The molecule has 3 aliphatic carbocycles. The van der Waals surface area contributed by atoms with Crippen LogP contribution in [-0.4, -0.2) is 34.4 Å². The van der Waals surface area contributed by atoms with Gasteiger partial charge in [-0.2, -0.15) is 0 Å². The van der Waals surface area contributed by atoms with Gasteiger partial charge >= 0.3 is 0 Å². The third-order valence-electron chi connectivity index (χ3n) is 9.55. The first kappa shape index (κ1) is 20.8. The molecule has 0 radical (unpaired) electrons. The topological polar surface area (TPSA) is 86.9 Å². The number of hydrogen-bond donors (Lipinski definition) is 3. The summed E-state index contributed by atoms with van der Waals surface area (Å²) < 4.78 is 0. The van der Waals surface area contributed by atoms with Gasteiger partial charge in [-0.3, -0.25) is 9.59 Å². The third kappa shape index (κ3) is 3.52. The van der Waals surface area contributed by atoms with Gasteiger partial charge in [0.05, 0.1) is 0 Å². The van der Waals surface area contributed by atoms with Gasteiger partial charge in [-0.25, -0.2) is 4.98 Å². The smallest absolute Gasteiger partial charge is 0.243 e. The van der Waals surface area contributed by atoms with Crippen LogP contribution in [-0.2, 0) is 16.0 Å². The van der Waals surface area contributed by atoms with E-state index in [9.17, 15) is 9.59 Å². The zero-order valence-corrected chi connectivity index (χ0v) is 18.8. The number of nitrogens with one attached hydrogen (secondary N) is 3. The van der Waals surface area contributed by atoms with E-state index in [4.69, 9.17) is 0 Å². The summed E-state index contributed by atoms with van der Waals surface area (Å²) in [6.07, 6.45) is 16.1. The molecule has 5 rings (SSSR count). The molecule has 3 fully saturated rings. The van der Waals surface area contributed by atoms with Crippen molar-refractivity contribution in [1.29, 1.82) is 0 Å². The van der Waals surface area contributed by atoms with Crippen LogP contribution in [0, 0.1) is 34.5 Å². The SMILES string of the molecule is C[C@]12C=CC(=O)N[C@@H]1CC[C@@H]1[C@@H]2CC[C@]2(C)[C@@H](CC(=O)NCCc3ncc[nH]3)CC[C@@H]12. The maximum atomic E-state index is 12.7. The van der Waals surface area contributed by atoms with Gasteiger partial charge in [-0.05, 0) is 73.7 Å². The van der Waals surface area contributed by atoms with E-state index >= 15 is 0 Å². The average Bonchev–Trinajstić information content (AvgIpc) is 3.37. The summed E-state index contributed by atoms with van der Waals surface area (Å²) in [5.41, 5.74) is 0.351. The summed E-state index contributed by atoms with van der Waals surface area (Å²) in [7, 11) is 0. The van der Waals surface area contributed by atoms with Crippen LogP contribution < -0.4 is 10.6 Å². The van der Waals surface area contributed by atoms with Crippen LogP contribution in [0.2, 0.25) is 0 Å². The zero-order valence-electron chi connectivity index (χ0n) is 18.8. The standard InChI is InChI=1S/C25H36N4O2/c1-24-10-7-19-17(4-6-20-25(19,2)11-8-22(30)29-20)18(24)5-3-16(24)15-23(31)28-12-9-21-26-13-14-27-21/h8,11,13-14,16-20H,3-7,9-10,12,15H2,1-2H3,(H,26,27)(H,28,31)(H,29,30)/t16-,17+,18+,19+,20-,24-,25-/m1/s1. The number of H-pyrrole nitrogens is 1. The number of hydrogen-bond acceptors (Lipinski definition) is 3. The largest absolute Gasteiger partial charge is 0.356 e. The molecule has 1 aromatic heterocycles. The molecule has 6 heteroatoms. The van der Waals surface area contributed by atoms with Gasteiger partial charge in [0, 0.05) is 43.2 Å². The number of carbonyl (C=O) groups excluding carboxylic acids is 2. The highest BCUT2D eigenvalue weighted by molar-refractivity contribution is 5.89. The van der Waals surface area contributed by atoms with Crippen LogP contribution in [0.5, 0.6) is 0 Å². The highest BCUT2D eigenvalue weighted by atomic mass is 16.2. The van der Waals surface area contributed by atoms with E-state index in [1.165, 1.54) is 32.1 Å². The Bertz CT molecular complexity index is 865. The van der Waals surface area contributed by atoms with Crippen molar-refractivity contribution in [2.75, 3.05) is 6.54 Å². The second-order valence-electron chi connectivity index (χ2n) is 10.9. The van der Waals surface area contributed by atoms with Crippen molar-refractivity contribution in [1.82, 2.24) is 20.6 Å². The molecule has 6 nitrogen and oxygen atoms in total. The van der Waals surface area contributed by atoms with Crippen LogP contribution >= 0.6 is 0 Å². The molecule has 1 aliphatic heterocycles. The van der Waals surface area contributed by atoms with Gasteiger partial charge in [-0.1, -0.05) is 19.9 Å². The molecule has 3 saturated carbocycles. The number of aromatic nitrogens is 2. The van der Waals surface area contributed by atoms with Crippen LogP contribution in [0.25, 0.3) is 0 Å². The molecule has 0 unspecified atom stereocenters. The highest BCUT2D eigenvalue weighted by Crippen LogP contribution is 2.65. The molecule has 7 atom stereocenters. The minimum absolute atomic E-state index is 0.0700. The highest BCUT2D eigenvalue weighted by Gasteiger charge is 2.59. The van der Waals surface area contributed by atoms with E-state index in [2.05, 4.69) is 40.5 Å². The minimum atomic E-state index is 0.0700. The third-order valence-corrected chi connectivity index (χ3v) is 9.55. The summed E-state index contributed by atoms with van der Waals surface area (Å²) >= 11 is 0. The molecule has 0 aromatic carbocycles. The summed E-state index contributed by atoms with van der Waals surface area (Å²) in [5, 5.41) is 6.36. The van der Waals surface area contributed by atoms with Gasteiger partial charge in [-0.15, -0.1) is 0 Å². The molecule has 1 aromatic rings. The lowest BCUT2D eigenvalue weighted by Crippen LogP contribution is -2.59. The molecule has 4 aliphatic rings. The number of amides is 2. The number of aromatic amines is 1. The first-order chi connectivity index (χ1) is 14.9. The van der Waals surface area contributed by atoms with Crippen LogP contribution in [0.15, 0.2) is 24.5 Å². The summed E-state index contributed by atoms with van der Waals surface area (Å²) in [4.78, 5) is 31.9. The van der Waals surface area contributed by atoms with Crippen molar-refractivity contribution in [2.24, 2.45) is 34.5 Å².